The lowest BCUT2D eigenvalue weighted by atomic mass is 10.1. The maximum Gasteiger partial charge on any atom is 0.341 e. The minimum atomic E-state index is -0.966. The van der Waals surface area contributed by atoms with Gasteiger partial charge in [-0.3, -0.25) is 14.9 Å². The predicted octanol–water partition coefficient (Wildman–Crippen LogP) is 0.810. The summed E-state index contributed by atoms with van der Waals surface area (Å²) in [5, 5.41) is 10.6. The SMILES string of the molecule is C[C@@H](OC(=O)c1ccc([N+](=O)[O-])cc1N)C(=O)N(C)C. The Morgan fingerprint density at radius 1 is 1.40 bits per heavy atom. The number of ether oxygens (including phenoxy) is 1. The van der Waals surface area contributed by atoms with Crippen LogP contribution in [0.25, 0.3) is 0 Å². The molecule has 2 N–H and O–H groups in total. The highest BCUT2D eigenvalue weighted by atomic mass is 16.6. The highest BCUT2D eigenvalue weighted by Gasteiger charge is 2.22. The molecular formula is C12H15N3O5. The number of non-ortho nitro benzene ring substituents is 1. The normalized spacial score (nSPS) is 11.6. The van der Waals surface area contributed by atoms with Gasteiger partial charge in [0.2, 0.25) is 0 Å². The molecule has 108 valence electrons. The molecule has 1 aromatic rings. The zero-order valence-corrected chi connectivity index (χ0v) is 11.3. The van der Waals surface area contributed by atoms with Crippen LogP contribution in [0, 0.1) is 10.1 Å². The van der Waals surface area contributed by atoms with E-state index in [1.807, 2.05) is 0 Å². The summed E-state index contributed by atoms with van der Waals surface area (Å²) in [6, 6.07) is 3.41. The molecule has 0 aliphatic heterocycles. The van der Waals surface area contributed by atoms with E-state index in [1.165, 1.54) is 32.0 Å². The number of carbonyl (C=O) groups is 2. The van der Waals surface area contributed by atoms with Crippen LogP contribution in [0.5, 0.6) is 0 Å². The number of benzene rings is 1. The van der Waals surface area contributed by atoms with E-state index in [2.05, 4.69) is 0 Å². The predicted molar refractivity (Wildman–Crippen MR) is 71.1 cm³/mol. The Morgan fingerprint density at radius 2 is 2.00 bits per heavy atom. The molecule has 0 aliphatic carbocycles. The first-order valence-electron chi connectivity index (χ1n) is 5.70. The molecule has 0 bridgehead atoms. The van der Waals surface area contributed by atoms with E-state index < -0.39 is 17.0 Å². The van der Waals surface area contributed by atoms with Gasteiger partial charge in [0.25, 0.3) is 11.6 Å². The largest absolute Gasteiger partial charge is 0.449 e. The molecule has 0 spiro atoms. The van der Waals surface area contributed by atoms with Crippen LogP contribution in [0.2, 0.25) is 0 Å². The van der Waals surface area contributed by atoms with Gasteiger partial charge in [-0.25, -0.2) is 4.79 Å². The number of nitro benzene ring substituents is 1. The summed E-state index contributed by atoms with van der Waals surface area (Å²) < 4.78 is 4.96. The number of nitrogen functional groups attached to an aromatic ring is 1. The van der Waals surface area contributed by atoms with Crippen LogP contribution in [0.4, 0.5) is 11.4 Å². The van der Waals surface area contributed by atoms with Gasteiger partial charge in [0, 0.05) is 26.2 Å². The van der Waals surface area contributed by atoms with Gasteiger partial charge in [0.15, 0.2) is 6.10 Å². The molecule has 1 amide bonds. The summed E-state index contributed by atoms with van der Waals surface area (Å²) in [4.78, 5) is 34.6. The number of esters is 1. The first-order valence-corrected chi connectivity index (χ1v) is 5.70. The number of rotatable bonds is 4. The summed E-state index contributed by atoms with van der Waals surface area (Å²) in [6.07, 6.45) is -0.966. The van der Waals surface area contributed by atoms with E-state index in [4.69, 9.17) is 10.5 Å². The molecule has 8 heteroatoms. The summed E-state index contributed by atoms with van der Waals surface area (Å²) in [5.41, 5.74) is 5.25. The van der Waals surface area contributed by atoms with Crippen LogP contribution in [0.15, 0.2) is 18.2 Å². The molecular weight excluding hydrogens is 266 g/mol. The van der Waals surface area contributed by atoms with E-state index in [1.54, 1.807) is 0 Å². The van der Waals surface area contributed by atoms with Crippen molar-refractivity contribution in [3.63, 3.8) is 0 Å². The van der Waals surface area contributed by atoms with Crippen molar-refractivity contribution in [3.05, 3.63) is 33.9 Å². The average molecular weight is 281 g/mol. The lowest BCUT2D eigenvalue weighted by molar-refractivity contribution is -0.384. The Balaban J connectivity index is 2.88. The smallest absolute Gasteiger partial charge is 0.341 e. The van der Waals surface area contributed by atoms with Crippen LogP contribution in [-0.2, 0) is 9.53 Å². The molecule has 0 saturated heterocycles. The standard InChI is InChI=1S/C12H15N3O5/c1-7(11(16)14(2)3)20-12(17)9-5-4-8(15(18)19)6-10(9)13/h4-7H,13H2,1-3H3/t7-/m1/s1. The third-order valence-corrected chi connectivity index (χ3v) is 2.54. The maximum atomic E-state index is 11.8. The van der Waals surface area contributed by atoms with Crippen LogP contribution in [-0.4, -0.2) is 41.9 Å². The molecule has 0 radical (unpaired) electrons. The summed E-state index contributed by atoms with van der Waals surface area (Å²) >= 11 is 0. The molecule has 0 saturated carbocycles. The van der Waals surface area contributed by atoms with Gasteiger partial charge in [-0.05, 0) is 13.0 Å². The first-order chi connectivity index (χ1) is 9.23. The van der Waals surface area contributed by atoms with Crippen molar-refractivity contribution in [3.8, 4) is 0 Å². The van der Waals surface area contributed by atoms with Crippen LogP contribution in [0.1, 0.15) is 17.3 Å². The fourth-order valence-electron chi connectivity index (χ4n) is 1.49. The van der Waals surface area contributed by atoms with Gasteiger partial charge in [0.1, 0.15) is 0 Å². The van der Waals surface area contributed by atoms with Gasteiger partial charge >= 0.3 is 5.97 Å². The topological polar surface area (TPSA) is 116 Å². The van der Waals surface area contributed by atoms with Crippen molar-refractivity contribution in [2.45, 2.75) is 13.0 Å². The van der Waals surface area contributed by atoms with Gasteiger partial charge in [-0.2, -0.15) is 0 Å². The van der Waals surface area contributed by atoms with Gasteiger partial charge < -0.3 is 15.4 Å². The summed E-state index contributed by atoms with van der Waals surface area (Å²) in [5.74, 6) is -1.18. The van der Waals surface area contributed by atoms with E-state index in [9.17, 15) is 19.7 Å². The molecule has 1 atom stereocenters. The molecule has 20 heavy (non-hydrogen) atoms. The van der Waals surface area contributed by atoms with Crippen molar-refractivity contribution < 1.29 is 19.2 Å². The average Bonchev–Trinajstić information content (AvgIpc) is 2.36. The van der Waals surface area contributed by atoms with Gasteiger partial charge in [-0.1, -0.05) is 0 Å². The number of amides is 1. The van der Waals surface area contributed by atoms with Crippen molar-refractivity contribution in [1.82, 2.24) is 4.90 Å². The van der Waals surface area contributed by atoms with E-state index in [-0.39, 0.29) is 22.8 Å². The first kappa shape index (κ1) is 15.4. The molecule has 0 unspecified atom stereocenters. The molecule has 8 nitrogen and oxygen atoms in total. The third-order valence-electron chi connectivity index (χ3n) is 2.54. The number of nitro groups is 1. The maximum absolute atomic E-state index is 11.8. The number of carbonyl (C=O) groups excluding carboxylic acids is 2. The molecule has 0 fully saturated rings. The fraction of sp³-hybridized carbons (Fsp3) is 0.333. The van der Waals surface area contributed by atoms with Crippen LogP contribution in [0.3, 0.4) is 0 Å². The van der Waals surface area contributed by atoms with Crippen LogP contribution >= 0.6 is 0 Å². The Kier molecular flexibility index (Phi) is 4.63. The molecule has 0 aromatic heterocycles. The summed E-state index contributed by atoms with van der Waals surface area (Å²) in [7, 11) is 3.07. The Labute approximate surface area is 115 Å². The second kappa shape index (κ2) is 6.00. The zero-order chi connectivity index (χ0) is 15.4. The molecule has 1 rings (SSSR count). The number of likely N-dealkylation sites (N-methyl/N-ethyl adjacent to an activating group) is 1. The monoisotopic (exact) mass is 281 g/mol. The number of nitrogens with zero attached hydrogens (tertiary/aromatic N) is 2. The van der Waals surface area contributed by atoms with Crippen molar-refractivity contribution in [2.24, 2.45) is 0 Å². The zero-order valence-electron chi connectivity index (χ0n) is 11.3. The Bertz CT molecular complexity index is 556. The van der Waals surface area contributed by atoms with E-state index in [0.717, 1.165) is 12.1 Å². The van der Waals surface area contributed by atoms with Gasteiger partial charge in [0.05, 0.1) is 16.2 Å². The third kappa shape index (κ3) is 3.44. The van der Waals surface area contributed by atoms with Crippen LogP contribution < -0.4 is 5.73 Å². The number of hydrogen-bond donors (Lipinski definition) is 1. The highest BCUT2D eigenvalue weighted by molar-refractivity contribution is 5.97. The van der Waals surface area contributed by atoms with Crippen molar-refractivity contribution in [1.29, 1.82) is 0 Å². The minimum Gasteiger partial charge on any atom is -0.449 e. The number of hydrogen-bond acceptors (Lipinski definition) is 6. The second-order valence-electron chi connectivity index (χ2n) is 4.31. The minimum absolute atomic E-state index is 0.0194. The molecule has 0 aliphatic rings. The second-order valence-corrected chi connectivity index (χ2v) is 4.31. The summed E-state index contributed by atoms with van der Waals surface area (Å²) in [6.45, 7) is 1.43. The Morgan fingerprint density at radius 3 is 2.45 bits per heavy atom. The van der Waals surface area contributed by atoms with E-state index in [0.29, 0.717) is 0 Å². The Hall–Kier alpha value is -2.64. The van der Waals surface area contributed by atoms with Crippen molar-refractivity contribution >= 4 is 23.3 Å². The quantitative estimate of drug-likeness (QED) is 0.378. The highest BCUT2D eigenvalue weighted by Crippen LogP contribution is 2.21. The molecule has 1 aromatic carbocycles. The van der Waals surface area contributed by atoms with Crippen molar-refractivity contribution in [2.75, 3.05) is 19.8 Å². The molecule has 0 heterocycles. The lowest BCUT2D eigenvalue weighted by Crippen LogP contribution is -2.35. The number of anilines is 1. The fourth-order valence-corrected chi connectivity index (χ4v) is 1.49. The van der Waals surface area contributed by atoms with Gasteiger partial charge in [-0.15, -0.1) is 0 Å². The lowest BCUT2D eigenvalue weighted by Gasteiger charge is -2.17. The van der Waals surface area contributed by atoms with E-state index >= 15 is 0 Å². The number of nitrogens with two attached hydrogens (primary N) is 1.